The molecule has 2 aromatic heterocycles. The number of aromatic nitrogens is 3. The Morgan fingerprint density at radius 2 is 1.62 bits per heavy atom. The van der Waals surface area contributed by atoms with Crippen molar-refractivity contribution in [3.8, 4) is 22.9 Å². The summed E-state index contributed by atoms with van der Waals surface area (Å²) >= 11 is 0. The molecule has 8 heteroatoms. The molecular weight excluding hydrogens is 504 g/mol. The van der Waals surface area contributed by atoms with Gasteiger partial charge >= 0.3 is 0 Å². The molecule has 0 unspecified atom stereocenters. The lowest BCUT2D eigenvalue weighted by Gasteiger charge is -2.29. The van der Waals surface area contributed by atoms with Gasteiger partial charge in [-0.25, -0.2) is 4.52 Å². The lowest BCUT2D eigenvalue weighted by molar-refractivity contribution is 0.237. The Hall–Kier alpha value is -4.56. The Kier molecular flexibility index (Phi) is 7.00. The van der Waals surface area contributed by atoms with Gasteiger partial charge in [0.15, 0.2) is 11.5 Å². The van der Waals surface area contributed by atoms with Crippen LogP contribution in [0.2, 0.25) is 0 Å². The number of hydrogen-bond acceptors (Lipinski definition) is 6. The van der Waals surface area contributed by atoms with Crippen molar-refractivity contribution in [1.82, 2.24) is 19.1 Å². The highest BCUT2D eigenvalue weighted by Gasteiger charge is 2.27. The van der Waals surface area contributed by atoms with Crippen LogP contribution in [-0.2, 0) is 25.9 Å². The van der Waals surface area contributed by atoms with Crippen LogP contribution in [0.5, 0.6) is 17.2 Å². The molecule has 0 saturated heterocycles. The van der Waals surface area contributed by atoms with Gasteiger partial charge in [-0.2, -0.15) is 5.10 Å². The third kappa shape index (κ3) is 4.71. The molecule has 0 radical (unpaired) electrons. The normalized spacial score (nSPS) is 13.3. The molecule has 0 spiro atoms. The standard InChI is InChI=1S/C32H32N4O4/c1-38-26-12-10-25(11-13-26)35-31-24(17-22-7-5-4-6-8-22)19-33-36(31)28-21-34(16-15-27(28)32(35)37)20-23-9-14-29(39-2)30(18-23)40-3/h4-14,18-19H,15-17,20-21H2,1-3H3. The van der Waals surface area contributed by atoms with E-state index in [1.165, 1.54) is 5.56 Å². The van der Waals surface area contributed by atoms with E-state index in [4.69, 9.17) is 19.3 Å². The Morgan fingerprint density at radius 3 is 2.35 bits per heavy atom. The van der Waals surface area contributed by atoms with Gasteiger partial charge in [-0.1, -0.05) is 36.4 Å². The zero-order valence-corrected chi connectivity index (χ0v) is 23.0. The van der Waals surface area contributed by atoms with Crippen LogP contribution < -0.4 is 19.8 Å². The molecule has 5 aromatic rings. The van der Waals surface area contributed by atoms with Gasteiger partial charge in [0.25, 0.3) is 5.56 Å². The minimum Gasteiger partial charge on any atom is -0.497 e. The number of fused-ring (bicyclic) bond motifs is 3. The van der Waals surface area contributed by atoms with Crippen molar-refractivity contribution in [3.05, 3.63) is 117 Å². The summed E-state index contributed by atoms with van der Waals surface area (Å²) < 4.78 is 20.1. The summed E-state index contributed by atoms with van der Waals surface area (Å²) in [7, 11) is 4.92. The van der Waals surface area contributed by atoms with Crippen LogP contribution in [0.4, 0.5) is 0 Å². The second kappa shape index (κ2) is 10.9. The van der Waals surface area contributed by atoms with Crippen LogP contribution in [0.1, 0.15) is 27.9 Å². The highest BCUT2D eigenvalue weighted by Crippen LogP contribution is 2.30. The topological polar surface area (TPSA) is 70.2 Å². The zero-order chi connectivity index (χ0) is 27.6. The first kappa shape index (κ1) is 25.7. The second-order valence-corrected chi connectivity index (χ2v) is 9.98. The molecule has 204 valence electrons. The first-order valence-corrected chi connectivity index (χ1v) is 13.3. The average molecular weight is 537 g/mol. The summed E-state index contributed by atoms with van der Waals surface area (Å²) in [6.07, 6.45) is 3.21. The Bertz CT molecular complexity index is 1710. The van der Waals surface area contributed by atoms with E-state index in [1.54, 1.807) is 21.3 Å². The fourth-order valence-electron chi connectivity index (χ4n) is 5.55. The zero-order valence-electron chi connectivity index (χ0n) is 23.0. The molecule has 0 aliphatic carbocycles. The summed E-state index contributed by atoms with van der Waals surface area (Å²) in [6, 6.07) is 23.9. The monoisotopic (exact) mass is 536 g/mol. The Labute approximate surface area is 233 Å². The number of hydrogen-bond donors (Lipinski definition) is 0. The van der Waals surface area contributed by atoms with Crippen molar-refractivity contribution < 1.29 is 14.2 Å². The van der Waals surface area contributed by atoms with Crippen molar-refractivity contribution in [1.29, 1.82) is 0 Å². The molecule has 0 bridgehead atoms. The van der Waals surface area contributed by atoms with E-state index in [-0.39, 0.29) is 5.56 Å². The maximum atomic E-state index is 14.1. The number of benzene rings is 3. The number of rotatable bonds is 8. The molecule has 8 nitrogen and oxygen atoms in total. The molecule has 0 amide bonds. The molecule has 3 heterocycles. The van der Waals surface area contributed by atoms with Crippen LogP contribution in [-0.4, -0.2) is 47.0 Å². The van der Waals surface area contributed by atoms with E-state index in [0.29, 0.717) is 30.9 Å². The third-order valence-corrected chi connectivity index (χ3v) is 7.57. The van der Waals surface area contributed by atoms with E-state index in [0.717, 1.165) is 52.6 Å². The van der Waals surface area contributed by atoms with Crippen LogP contribution in [0, 0.1) is 0 Å². The predicted molar refractivity (Wildman–Crippen MR) is 154 cm³/mol. The maximum Gasteiger partial charge on any atom is 0.261 e. The lowest BCUT2D eigenvalue weighted by Crippen LogP contribution is -2.38. The van der Waals surface area contributed by atoms with Crippen molar-refractivity contribution in [3.63, 3.8) is 0 Å². The van der Waals surface area contributed by atoms with Gasteiger partial charge in [0.2, 0.25) is 0 Å². The minimum absolute atomic E-state index is 0.00763. The first-order valence-electron chi connectivity index (χ1n) is 13.3. The van der Waals surface area contributed by atoms with E-state index in [1.807, 2.05) is 69.9 Å². The lowest BCUT2D eigenvalue weighted by atomic mass is 10.0. The Balaban J connectivity index is 1.43. The molecule has 0 N–H and O–H groups in total. The van der Waals surface area contributed by atoms with Gasteiger partial charge in [-0.3, -0.25) is 14.3 Å². The Morgan fingerprint density at radius 1 is 0.850 bits per heavy atom. The van der Waals surface area contributed by atoms with Gasteiger partial charge in [0, 0.05) is 37.2 Å². The van der Waals surface area contributed by atoms with Crippen LogP contribution in [0.15, 0.2) is 83.8 Å². The van der Waals surface area contributed by atoms with Crippen molar-refractivity contribution in [2.45, 2.75) is 25.9 Å². The summed E-state index contributed by atoms with van der Waals surface area (Å²) in [5.41, 5.74) is 6.63. The van der Waals surface area contributed by atoms with Crippen molar-refractivity contribution >= 4 is 5.65 Å². The summed E-state index contributed by atoms with van der Waals surface area (Å²) in [6.45, 7) is 2.11. The van der Waals surface area contributed by atoms with E-state index < -0.39 is 0 Å². The first-order chi connectivity index (χ1) is 19.6. The van der Waals surface area contributed by atoms with E-state index >= 15 is 0 Å². The molecule has 6 rings (SSSR count). The fraction of sp³-hybridized carbons (Fsp3) is 0.250. The molecule has 40 heavy (non-hydrogen) atoms. The second-order valence-electron chi connectivity index (χ2n) is 9.98. The van der Waals surface area contributed by atoms with Gasteiger partial charge in [-0.15, -0.1) is 0 Å². The third-order valence-electron chi connectivity index (χ3n) is 7.57. The molecule has 0 fully saturated rings. The van der Waals surface area contributed by atoms with Gasteiger partial charge < -0.3 is 14.2 Å². The minimum atomic E-state index is 0.00763. The van der Waals surface area contributed by atoms with Crippen LogP contribution in [0.3, 0.4) is 0 Å². The van der Waals surface area contributed by atoms with E-state index in [2.05, 4.69) is 23.1 Å². The van der Waals surface area contributed by atoms with Gasteiger partial charge in [0.1, 0.15) is 11.4 Å². The molecular formula is C32H32N4O4. The molecule has 1 aliphatic heterocycles. The molecule has 3 aromatic carbocycles. The maximum absolute atomic E-state index is 14.1. The van der Waals surface area contributed by atoms with E-state index in [9.17, 15) is 4.79 Å². The SMILES string of the molecule is COc1ccc(-n2c(=O)c3c(n4ncc(Cc5ccccc5)c24)CN(Cc2ccc(OC)c(OC)c2)CC3)cc1. The number of methoxy groups -OCH3 is 3. The highest BCUT2D eigenvalue weighted by atomic mass is 16.5. The van der Waals surface area contributed by atoms with Crippen LogP contribution in [0.25, 0.3) is 11.3 Å². The molecule has 0 atom stereocenters. The summed E-state index contributed by atoms with van der Waals surface area (Å²) in [4.78, 5) is 16.5. The number of ether oxygens (including phenoxy) is 3. The summed E-state index contributed by atoms with van der Waals surface area (Å²) in [5.74, 6) is 2.16. The summed E-state index contributed by atoms with van der Waals surface area (Å²) in [5, 5.41) is 4.85. The molecule has 1 aliphatic rings. The number of nitrogens with zero attached hydrogens (tertiary/aromatic N) is 4. The van der Waals surface area contributed by atoms with Crippen LogP contribution >= 0.6 is 0 Å². The predicted octanol–water partition coefficient (Wildman–Crippen LogP) is 4.66. The van der Waals surface area contributed by atoms with Gasteiger partial charge in [0.05, 0.1) is 38.9 Å². The largest absolute Gasteiger partial charge is 0.497 e. The van der Waals surface area contributed by atoms with Crippen molar-refractivity contribution in [2.75, 3.05) is 27.9 Å². The quantitative estimate of drug-likeness (QED) is 0.287. The fourth-order valence-corrected chi connectivity index (χ4v) is 5.55. The molecule has 0 saturated carbocycles. The van der Waals surface area contributed by atoms with Crippen molar-refractivity contribution in [2.24, 2.45) is 0 Å². The smallest absolute Gasteiger partial charge is 0.261 e. The average Bonchev–Trinajstić information content (AvgIpc) is 3.41. The highest BCUT2D eigenvalue weighted by molar-refractivity contribution is 5.58. The van der Waals surface area contributed by atoms with Gasteiger partial charge in [-0.05, 0) is 53.9 Å².